The molecule has 5 nitrogen and oxygen atoms in total. The maximum absolute atomic E-state index is 6.69. The molecule has 1 saturated heterocycles. The molecule has 0 amide bonds. The summed E-state index contributed by atoms with van der Waals surface area (Å²) in [6.07, 6.45) is 0.0507. The van der Waals surface area contributed by atoms with Gasteiger partial charge in [0.05, 0.1) is 32.5 Å². The third-order valence-electron chi connectivity index (χ3n) is 7.10. The lowest BCUT2D eigenvalue weighted by Crippen LogP contribution is -2.60. The van der Waals surface area contributed by atoms with Crippen LogP contribution in [0.2, 0.25) is 0 Å². The fraction of sp³-hybridized carbons (Fsp3) is 0.278. The highest BCUT2D eigenvalue weighted by atomic mass is 16.7. The lowest BCUT2D eigenvalue weighted by molar-refractivity contribution is -0.325. The van der Waals surface area contributed by atoms with Crippen molar-refractivity contribution in [2.75, 3.05) is 0 Å². The predicted molar refractivity (Wildman–Crippen MR) is 160 cm³/mol. The second-order valence-electron chi connectivity index (χ2n) is 10.1. The third-order valence-corrected chi connectivity index (χ3v) is 7.10. The van der Waals surface area contributed by atoms with Crippen LogP contribution in [-0.2, 0) is 50.1 Å². The normalized spacial score (nSPS) is 22.3. The lowest BCUT2D eigenvalue weighted by Gasteiger charge is -2.46. The van der Waals surface area contributed by atoms with Gasteiger partial charge in [-0.1, -0.05) is 127 Å². The molecule has 0 saturated carbocycles. The van der Waals surface area contributed by atoms with Crippen molar-refractivity contribution in [2.24, 2.45) is 0 Å². The van der Waals surface area contributed by atoms with E-state index in [-0.39, 0.29) is 6.10 Å². The van der Waals surface area contributed by atoms with E-state index in [1.807, 2.05) is 103 Å². The molecule has 41 heavy (non-hydrogen) atoms. The summed E-state index contributed by atoms with van der Waals surface area (Å²) < 4.78 is 32.9. The molecule has 4 aromatic rings. The smallest absolute Gasteiger partial charge is 0.187 e. The molecule has 1 aliphatic heterocycles. The van der Waals surface area contributed by atoms with Crippen LogP contribution >= 0.6 is 0 Å². The van der Waals surface area contributed by atoms with Crippen molar-refractivity contribution >= 4 is 0 Å². The van der Waals surface area contributed by atoms with E-state index in [1.54, 1.807) is 0 Å². The molecule has 0 spiro atoms. The summed E-state index contributed by atoms with van der Waals surface area (Å²) in [4.78, 5) is 0. The van der Waals surface area contributed by atoms with Gasteiger partial charge in [0, 0.05) is 0 Å². The van der Waals surface area contributed by atoms with Crippen LogP contribution in [0.3, 0.4) is 0 Å². The summed E-state index contributed by atoms with van der Waals surface area (Å²) >= 11 is 0. The third kappa shape index (κ3) is 8.46. The first-order valence-electron chi connectivity index (χ1n) is 14.2. The molecule has 0 bridgehead atoms. The van der Waals surface area contributed by atoms with Crippen molar-refractivity contribution in [2.45, 2.75) is 63.6 Å². The fourth-order valence-electron chi connectivity index (χ4n) is 4.99. The maximum atomic E-state index is 6.69. The topological polar surface area (TPSA) is 46.2 Å². The molecule has 212 valence electrons. The van der Waals surface area contributed by atoms with Gasteiger partial charge >= 0.3 is 0 Å². The SMILES string of the molecule is C=CC[C@H]1O[C@H](OCc2ccccc2)[C@H](OCc2ccccc2)[C@H](OCc2ccccc2)[C@H]1OCc1ccccc1. The minimum atomic E-state index is -0.666. The molecule has 4 aromatic carbocycles. The Morgan fingerprint density at radius 1 is 0.488 bits per heavy atom. The Morgan fingerprint density at radius 3 is 1.27 bits per heavy atom. The molecule has 5 heteroatoms. The van der Waals surface area contributed by atoms with E-state index in [1.165, 1.54) is 0 Å². The molecule has 0 N–H and O–H groups in total. The molecule has 1 aliphatic rings. The molecular weight excluding hydrogens is 512 g/mol. The fourth-order valence-corrected chi connectivity index (χ4v) is 4.99. The van der Waals surface area contributed by atoms with Crippen LogP contribution in [0.5, 0.6) is 0 Å². The molecule has 0 aliphatic carbocycles. The van der Waals surface area contributed by atoms with Gasteiger partial charge in [-0.05, 0) is 28.7 Å². The minimum absolute atomic E-state index is 0.325. The second kappa shape index (κ2) is 15.4. The average molecular weight is 551 g/mol. The molecule has 0 radical (unpaired) electrons. The van der Waals surface area contributed by atoms with E-state index < -0.39 is 24.6 Å². The van der Waals surface area contributed by atoms with E-state index in [2.05, 4.69) is 30.8 Å². The van der Waals surface area contributed by atoms with E-state index in [9.17, 15) is 0 Å². The van der Waals surface area contributed by atoms with Crippen molar-refractivity contribution in [3.8, 4) is 0 Å². The highest BCUT2D eigenvalue weighted by Gasteiger charge is 2.48. The van der Waals surface area contributed by atoms with Crippen molar-refractivity contribution in [1.82, 2.24) is 0 Å². The van der Waals surface area contributed by atoms with E-state index in [0.29, 0.717) is 32.8 Å². The van der Waals surface area contributed by atoms with Crippen molar-refractivity contribution in [3.05, 3.63) is 156 Å². The summed E-state index contributed by atoms with van der Waals surface area (Å²) in [5.74, 6) is 0. The first-order valence-corrected chi connectivity index (χ1v) is 14.2. The Kier molecular flexibility index (Phi) is 10.9. The quantitative estimate of drug-likeness (QED) is 0.155. The minimum Gasteiger partial charge on any atom is -0.368 e. The van der Waals surface area contributed by atoms with Gasteiger partial charge in [0.1, 0.15) is 18.3 Å². The summed E-state index contributed by atoms with van der Waals surface area (Å²) in [6, 6.07) is 40.5. The van der Waals surface area contributed by atoms with Gasteiger partial charge in [0.15, 0.2) is 6.29 Å². The van der Waals surface area contributed by atoms with Crippen LogP contribution in [-0.4, -0.2) is 30.7 Å². The van der Waals surface area contributed by atoms with Crippen LogP contribution in [0.4, 0.5) is 0 Å². The summed E-state index contributed by atoms with van der Waals surface area (Å²) in [5.41, 5.74) is 4.27. The Labute approximate surface area is 243 Å². The Balaban J connectivity index is 1.43. The Morgan fingerprint density at radius 2 is 0.854 bits per heavy atom. The van der Waals surface area contributed by atoms with Gasteiger partial charge in [-0.3, -0.25) is 0 Å². The number of hydrogen-bond donors (Lipinski definition) is 0. The Hall–Kier alpha value is -3.58. The van der Waals surface area contributed by atoms with Crippen LogP contribution in [0.1, 0.15) is 28.7 Å². The molecule has 5 atom stereocenters. The highest BCUT2D eigenvalue weighted by Crippen LogP contribution is 2.33. The van der Waals surface area contributed by atoms with Crippen LogP contribution in [0.15, 0.2) is 134 Å². The van der Waals surface area contributed by atoms with Gasteiger partial charge in [0.2, 0.25) is 0 Å². The van der Waals surface area contributed by atoms with Gasteiger partial charge in [0.25, 0.3) is 0 Å². The zero-order valence-electron chi connectivity index (χ0n) is 23.3. The second-order valence-corrected chi connectivity index (χ2v) is 10.1. The standard InChI is InChI=1S/C36H38O5/c1-2-15-32-33(37-24-28-16-7-3-8-17-28)34(38-25-29-18-9-4-10-19-29)35(39-26-30-20-11-5-12-21-30)36(41-32)40-27-31-22-13-6-14-23-31/h2-14,16-23,32-36H,1,15,24-27H2/t32-,33+,34-,35-,36+/m1/s1. The predicted octanol–water partition coefficient (Wildman–Crippen LogP) is 7.26. The molecule has 1 fully saturated rings. The molecule has 5 rings (SSSR count). The number of benzene rings is 4. The zero-order chi connectivity index (χ0) is 28.1. The lowest BCUT2D eigenvalue weighted by atomic mass is 9.95. The maximum Gasteiger partial charge on any atom is 0.187 e. The number of rotatable bonds is 14. The van der Waals surface area contributed by atoms with Gasteiger partial charge in [-0.2, -0.15) is 0 Å². The van der Waals surface area contributed by atoms with Crippen LogP contribution in [0, 0.1) is 0 Å². The number of hydrogen-bond acceptors (Lipinski definition) is 5. The first kappa shape index (κ1) is 28.9. The largest absolute Gasteiger partial charge is 0.368 e. The van der Waals surface area contributed by atoms with E-state index in [4.69, 9.17) is 23.7 Å². The molecular formula is C36H38O5. The van der Waals surface area contributed by atoms with Gasteiger partial charge < -0.3 is 23.7 Å². The van der Waals surface area contributed by atoms with Crippen molar-refractivity contribution in [3.63, 3.8) is 0 Å². The van der Waals surface area contributed by atoms with Crippen LogP contribution < -0.4 is 0 Å². The summed E-state index contributed by atoms with van der Waals surface area (Å²) in [6.45, 7) is 5.61. The molecule has 0 aromatic heterocycles. The monoisotopic (exact) mass is 550 g/mol. The van der Waals surface area contributed by atoms with Crippen molar-refractivity contribution in [1.29, 1.82) is 0 Å². The average Bonchev–Trinajstić information content (AvgIpc) is 3.03. The van der Waals surface area contributed by atoms with Gasteiger partial charge in [-0.25, -0.2) is 0 Å². The number of ether oxygens (including phenoxy) is 5. The Bertz CT molecular complexity index is 1280. The van der Waals surface area contributed by atoms with Crippen LogP contribution in [0.25, 0.3) is 0 Å². The summed E-state index contributed by atoms with van der Waals surface area (Å²) in [5, 5.41) is 0. The first-order chi connectivity index (χ1) is 20.3. The van der Waals surface area contributed by atoms with E-state index >= 15 is 0 Å². The van der Waals surface area contributed by atoms with Gasteiger partial charge in [-0.15, -0.1) is 6.58 Å². The summed E-state index contributed by atoms with van der Waals surface area (Å²) in [7, 11) is 0. The molecule has 1 heterocycles. The van der Waals surface area contributed by atoms with E-state index in [0.717, 1.165) is 22.3 Å². The highest BCUT2D eigenvalue weighted by molar-refractivity contribution is 5.16. The molecule has 0 unspecified atom stereocenters. The van der Waals surface area contributed by atoms with Crippen molar-refractivity contribution < 1.29 is 23.7 Å². The zero-order valence-corrected chi connectivity index (χ0v) is 23.3.